The summed E-state index contributed by atoms with van der Waals surface area (Å²) in [5, 5.41) is 2.01. The minimum absolute atomic E-state index is 0.681. The van der Waals surface area contributed by atoms with Gasteiger partial charge in [0.2, 0.25) is 0 Å². The zero-order valence-corrected chi connectivity index (χ0v) is 16.7. The number of aryl methyl sites for hydroxylation is 1. The molecule has 0 atom stereocenters. The highest BCUT2D eigenvalue weighted by molar-refractivity contribution is 7.80. The highest BCUT2D eigenvalue weighted by Gasteiger charge is 2.08. The van der Waals surface area contributed by atoms with Gasteiger partial charge in [-0.05, 0) is 48.6 Å². The normalized spacial score (nSPS) is 10.8. The van der Waals surface area contributed by atoms with Crippen LogP contribution in [0.15, 0.2) is 71.8 Å². The predicted octanol–water partition coefficient (Wildman–Crippen LogP) is 5.83. The van der Waals surface area contributed by atoms with E-state index in [0.29, 0.717) is 5.69 Å². The second-order valence-corrected chi connectivity index (χ2v) is 7.31. The molecule has 0 fully saturated rings. The summed E-state index contributed by atoms with van der Waals surface area (Å²) in [5.74, 6) is 0. The number of hydrogen-bond donors (Lipinski definition) is 4. The molecule has 0 aliphatic carbocycles. The van der Waals surface area contributed by atoms with Crippen molar-refractivity contribution in [2.24, 2.45) is 0 Å². The lowest BCUT2D eigenvalue weighted by Gasteiger charge is -2.15. The van der Waals surface area contributed by atoms with Gasteiger partial charge in [-0.15, -0.1) is 12.6 Å². The summed E-state index contributed by atoms with van der Waals surface area (Å²) in [4.78, 5) is 5.48. The van der Waals surface area contributed by atoms with Crippen molar-refractivity contribution < 1.29 is 0 Å². The number of nitrogen functional groups attached to an aromatic ring is 1. The fraction of sp³-hybridized carbons (Fsp3) is 0.0870. The van der Waals surface area contributed by atoms with Gasteiger partial charge in [-0.2, -0.15) is 0 Å². The van der Waals surface area contributed by atoms with E-state index in [1.165, 1.54) is 11.1 Å². The summed E-state index contributed by atoms with van der Waals surface area (Å²) < 4.78 is 0. The van der Waals surface area contributed by atoms with Gasteiger partial charge in [0.1, 0.15) is 0 Å². The number of nitrogens with two attached hydrogens (primary N) is 1. The molecule has 4 nitrogen and oxygen atoms in total. The number of nitrogens with one attached hydrogen (secondary N) is 2. The number of hydrazine groups is 1. The van der Waals surface area contributed by atoms with Crippen molar-refractivity contribution in [1.82, 2.24) is 4.98 Å². The van der Waals surface area contributed by atoms with Crippen LogP contribution in [-0.2, 0) is 0 Å². The Morgan fingerprint density at radius 1 is 0.893 bits per heavy atom. The molecule has 0 saturated heterocycles. The van der Waals surface area contributed by atoms with Crippen LogP contribution in [0.4, 0.5) is 17.1 Å². The second-order valence-electron chi connectivity index (χ2n) is 6.83. The van der Waals surface area contributed by atoms with Gasteiger partial charge in [-0.25, -0.2) is 0 Å². The monoisotopic (exact) mass is 386 g/mol. The molecule has 1 heterocycles. The summed E-state index contributed by atoms with van der Waals surface area (Å²) in [6.07, 6.45) is 1.81. The maximum Gasteiger partial charge on any atom is 0.0786 e. The molecular weight excluding hydrogens is 364 g/mol. The number of nitrogens with zero attached hydrogens (tertiary/aromatic N) is 1. The van der Waals surface area contributed by atoms with Crippen LogP contribution in [0.5, 0.6) is 0 Å². The molecule has 140 valence electrons. The van der Waals surface area contributed by atoms with E-state index in [-0.39, 0.29) is 0 Å². The Kier molecular flexibility index (Phi) is 4.84. The van der Waals surface area contributed by atoms with E-state index in [4.69, 9.17) is 5.73 Å². The summed E-state index contributed by atoms with van der Waals surface area (Å²) in [6.45, 7) is 4.24. The number of benzene rings is 3. The topological polar surface area (TPSA) is 63.0 Å². The lowest BCUT2D eigenvalue weighted by atomic mass is 10.0. The van der Waals surface area contributed by atoms with Crippen molar-refractivity contribution in [2.75, 3.05) is 16.6 Å². The Morgan fingerprint density at radius 3 is 2.43 bits per heavy atom. The summed E-state index contributed by atoms with van der Waals surface area (Å²) in [5.41, 5.74) is 19.6. The molecule has 0 unspecified atom stereocenters. The first-order valence-corrected chi connectivity index (χ1v) is 9.54. The molecule has 4 N–H and O–H groups in total. The smallest absolute Gasteiger partial charge is 0.0786 e. The molecule has 1 aromatic heterocycles. The van der Waals surface area contributed by atoms with E-state index >= 15 is 0 Å². The van der Waals surface area contributed by atoms with Crippen molar-refractivity contribution >= 4 is 40.5 Å². The van der Waals surface area contributed by atoms with Gasteiger partial charge < -0.3 is 5.73 Å². The van der Waals surface area contributed by atoms with E-state index in [9.17, 15) is 0 Å². The van der Waals surface area contributed by atoms with Crippen molar-refractivity contribution in [1.29, 1.82) is 0 Å². The number of pyridine rings is 1. The van der Waals surface area contributed by atoms with Crippen molar-refractivity contribution in [3.8, 4) is 11.3 Å². The van der Waals surface area contributed by atoms with Crippen molar-refractivity contribution in [2.45, 2.75) is 18.7 Å². The summed E-state index contributed by atoms with van der Waals surface area (Å²) >= 11 is 4.58. The predicted molar refractivity (Wildman–Crippen MR) is 122 cm³/mol. The number of anilines is 3. The molecule has 0 aliphatic heterocycles. The highest BCUT2D eigenvalue weighted by atomic mass is 32.1. The standard InChI is InChI=1S/C23H22N4S/c1-14-6-5-9-17(15(14)2)20-11-10-16(13-25-20)26-27-21-12-22(28)18-7-3-4-8-19(18)23(21)24/h3-13,26-28H,24H2,1-2H3. The van der Waals surface area contributed by atoms with E-state index in [0.717, 1.165) is 38.3 Å². The van der Waals surface area contributed by atoms with Gasteiger partial charge in [0.25, 0.3) is 0 Å². The second kappa shape index (κ2) is 7.44. The Labute approximate surface area is 170 Å². The zero-order chi connectivity index (χ0) is 19.7. The van der Waals surface area contributed by atoms with E-state index in [2.05, 4.69) is 60.5 Å². The molecule has 3 aromatic carbocycles. The van der Waals surface area contributed by atoms with Crippen LogP contribution in [-0.4, -0.2) is 4.98 Å². The Bertz CT molecular complexity index is 1150. The SMILES string of the molecule is Cc1cccc(-c2ccc(NNc3cc(S)c4ccccc4c3N)cn2)c1C. The number of rotatable bonds is 4. The van der Waals surface area contributed by atoms with Gasteiger partial charge in [0.05, 0.1) is 29.0 Å². The molecule has 0 bridgehead atoms. The van der Waals surface area contributed by atoms with Crippen LogP contribution in [0.3, 0.4) is 0 Å². The first kappa shape index (κ1) is 18.2. The molecule has 0 radical (unpaired) electrons. The van der Waals surface area contributed by atoms with Gasteiger partial charge in [-0.3, -0.25) is 15.8 Å². The fourth-order valence-electron chi connectivity index (χ4n) is 3.28. The van der Waals surface area contributed by atoms with Crippen LogP contribution in [0, 0.1) is 13.8 Å². The Balaban J connectivity index is 1.55. The maximum atomic E-state index is 6.33. The molecule has 28 heavy (non-hydrogen) atoms. The number of hydrogen-bond acceptors (Lipinski definition) is 5. The number of fused-ring (bicyclic) bond motifs is 1. The van der Waals surface area contributed by atoms with E-state index in [1.807, 2.05) is 48.7 Å². The summed E-state index contributed by atoms with van der Waals surface area (Å²) in [6, 6.07) is 20.2. The summed E-state index contributed by atoms with van der Waals surface area (Å²) in [7, 11) is 0. The minimum atomic E-state index is 0.681. The highest BCUT2D eigenvalue weighted by Crippen LogP contribution is 2.33. The Hall–Kier alpha value is -3.18. The van der Waals surface area contributed by atoms with E-state index in [1.54, 1.807) is 0 Å². The van der Waals surface area contributed by atoms with Crippen molar-refractivity contribution in [3.63, 3.8) is 0 Å². The lowest BCUT2D eigenvalue weighted by molar-refractivity contribution is 1.26. The molecule has 0 aliphatic rings. The lowest BCUT2D eigenvalue weighted by Crippen LogP contribution is -2.11. The van der Waals surface area contributed by atoms with Gasteiger partial charge in [0.15, 0.2) is 0 Å². The average molecular weight is 387 g/mol. The quantitative estimate of drug-likeness (QED) is 0.202. The van der Waals surface area contributed by atoms with Crippen LogP contribution in [0.2, 0.25) is 0 Å². The number of thiol groups is 1. The third kappa shape index (κ3) is 3.37. The third-order valence-corrected chi connectivity index (χ3v) is 5.42. The van der Waals surface area contributed by atoms with Gasteiger partial charge >= 0.3 is 0 Å². The molecule has 0 spiro atoms. The average Bonchev–Trinajstić information content (AvgIpc) is 2.72. The molecular formula is C23H22N4S. The maximum absolute atomic E-state index is 6.33. The van der Waals surface area contributed by atoms with Crippen LogP contribution < -0.4 is 16.6 Å². The largest absolute Gasteiger partial charge is 0.396 e. The molecule has 0 amide bonds. The first-order valence-electron chi connectivity index (χ1n) is 9.09. The van der Waals surface area contributed by atoms with Crippen LogP contribution in [0.25, 0.3) is 22.0 Å². The number of aromatic nitrogens is 1. The van der Waals surface area contributed by atoms with Gasteiger partial charge in [0, 0.05) is 15.8 Å². The first-order chi connectivity index (χ1) is 13.5. The minimum Gasteiger partial charge on any atom is -0.396 e. The molecule has 4 aromatic rings. The van der Waals surface area contributed by atoms with Crippen LogP contribution >= 0.6 is 12.6 Å². The van der Waals surface area contributed by atoms with Crippen LogP contribution in [0.1, 0.15) is 11.1 Å². The van der Waals surface area contributed by atoms with E-state index < -0.39 is 0 Å². The van der Waals surface area contributed by atoms with Gasteiger partial charge in [-0.1, -0.05) is 42.5 Å². The third-order valence-electron chi connectivity index (χ3n) is 5.05. The van der Waals surface area contributed by atoms with Crippen molar-refractivity contribution in [3.05, 3.63) is 78.0 Å². The Morgan fingerprint density at radius 2 is 1.68 bits per heavy atom. The fourth-order valence-corrected chi connectivity index (χ4v) is 3.60. The molecule has 4 rings (SSSR count). The zero-order valence-electron chi connectivity index (χ0n) is 15.8. The molecule has 5 heteroatoms. The molecule has 0 saturated carbocycles.